The Kier molecular flexibility index (Phi) is 42.9. The molecule has 0 aliphatic heterocycles. The van der Waals surface area contributed by atoms with Crippen LogP contribution in [0.25, 0.3) is 12.2 Å². The molecule has 8 N–H and O–H groups in total. The van der Waals surface area contributed by atoms with E-state index in [0.29, 0.717) is 46.2 Å². The fraction of sp³-hybridized carbons (Fsp3) is 0.167. The molecule has 0 atom stereocenters. The van der Waals surface area contributed by atoms with Gasteiger partial charge in [-0.3, -0.25) is 29.7 Å². The number of carbonyl (C=O) groups is 4. The van der Waals surface area contributed by atoms with E-state index in [1.54, 1.807) is 60.7 Å². The summed E-state index contributed by atoms with van der Waals surface area (Å²) in [4.78, 5) is 53.2. The quantitative estimate of drug-likeness (QED) is 0.00826. The summed E-state index contributed by atoms with van der Waals surface area (Å²) < 4.78 is 0. The van der Waals surface area contributed by atoms with Gasteiger partial charge < -0.3 is 43.5 Å². The number of ketones is 3. The minimum atomic E-state index is -0.296. The molecule has 0 bridgehead atoms. The van der Waals surface area contributed by atoms with Crippen LogP contribution >= 0.6 is 12.4 Å². The number of hydrogen-bond donors (Lipinski definition) is 8. The molecule has 0 aliphatic rings. The third kappa shape index (κ3) is 27.8. The second-order valence-electron chi connectivity index (χ2n) is 13.8. The standard InChI is InChI=1S/C18H18O4.C16H14O3.C11H14O4.C7H6O.CH4O.CH3.Ba.ClH.H2O2/c19-13-17-12-16(8-7-15(17)10-11-22-21)18(20)9-6-14-4-2-1-3-5-14;17-11-14-10-13(7-9-16(14)19)15(18)8-6-12-4-2-1-3-5-12;1-8(13)10-3-2-9(4-5-15-14)11(6-10)7-12;8-6-7-4-2-1-3-5-7;1-2;;;;1-2/h1-9,12,19,21H,10-11,13H2;1-10,17,19H,11H2;2-3,6,12,14H,4-5,7H2,1H3;1-6H;2H,1H3;1H3;;1H;1-2H/q;;;;;-1;+2;;/p-1/b9-6+;8-6+;;;;;;;. The van der Waals surface area contributed by atoms with Crippen LogP contribution in [0.3, 0.4) is 0 Å². The zero-order valence-corrected chi connectivity index (χ0v) is 45.0. The fourth-order valence-electron chi connectivity index (χ4n) is 5.78. The molecule has 0 saturated heterocycles. The van der Waals surface area contributed by atoms with E-state index in [-0.39, 0.29) is 125 Å². The van der Waals surface area contributed by atoms with Crippen molar-refractivity contribution in [2.45, 2.75) is 39.6 Å². The molecule has 15 nitrogen and oxygen atoms in total. The first-order chi connectivity index (χ1) is 33.1. The Hall–Kier alpha value is -5.26. The number of aldehydes is 1. The zero-order chi connectivity index (χ0) is 50.5. The van der Waals surface area contributed by atoms with Crippen molar-refractivity contribution < 1.29 is 75.5 Å². The van der Waals surface area contributed by atoms with Gasteiger partial charge in [0.05, 0.1) is 33.0 Å². The van der Waals surface area contributed by atoms with Crippen molar-refractivity contribution in [3.8, 4) is 5.75 Å². The molecule has 0 heterocycles. The molecule has 0 saturated carbocycles. The zero-order valence-electron chi connectivity index (χ0n) is 39.7. The van der Waals surface area contributed by atoms with Gasteiger partial charge in [-0.05, 0) is 95.6 Å². The van der Waals surface area contributed by atoms with E-state index in [2.05, 4.69) is 9.78 Å². The van der Waals surface area contributed by atoms with Gasteiger partial charge in [0.2, 0.25) is 0 Å². The summed E-state index contributed by atoms with van der Waals surface area (Å²) in [5.74, 6) is -0.331. The Labute approximate surface area is 460 Å². The Morgan fingerprint density at radius 2 is 0.859 bits per heavy atom. The molecule has 6 aromatic carbocycles. The number of rotatable bonds is 17. The van der Waals surface area contributed by atoms with Gasteiger partial charge in [0.15, 0.2) is 17.3 Å². The normalized spacial score (nSPS) is 9.61. The summed E-state index contributed by atoms with van der Waals surface area (Å²) in [6.07, 6.45) is 8.29. The van der Waals surface area contributed by atoms with E-state index >= 15 is 0 Å². The number of halogens is 1. The molecule has 6 aromatic rings. The third-order valence-corrected chi connectivity index (χ3v) is 9.29. The molecule has 0 amide bonds. The van der Waals surface area contributed by atoms with Crippen molar-refractivity contribution in [3.63, 3.8) is 0 Å². The van der Waals surface area contributed by atoms with E-state index in [0.717, 1.165) is 41.2 Å². The number of hydrogen-bond acceptors (Lipinski definition) is 15. The summed E-state index contributed by atoms with van der Waals surface area (Å²) >= 11 is 0. The van der Waals surface area contributed by atoms with E-state index < -0.39 is 0 Å². The summed E-state index contributed by atoms with van der Waals surface area (Å²) in [5.41, 5.74) is 7.58. The minimum absolute atomic E-state index is 0. The van der Waals surface area contributed by atoms with Crippen LogP contribution < -0.4 is 5.26 Å². The fourth-order valence-corrected chi connectivity index (χ4v) is 5.78. The summed E-state index contributed by atoms with van der Waals surface area (Å²) in [5, 5.41) is 73.6. The number of benzene rings is 6. The molecule has 71 heavy (non-hydrogen) atoms. The molecule has 0 spiro atoms. The maximum atomic E-state index is 12.2. The van der Waals surface area contributed by atoms with Crippen molar-refractivity contribution in [2.24, 2.45) is 0 Å². The molecule has 0 radical (unpaired) electrons. The van der Waals surface area contributed by atoms with Gasteiger partial charge >= 0.3 is 48.9 Å². The monoisotopic (exact) mass is 1120 g/mol. The molecule has 0 unspecified atom stereocenters. The van der Waals surface area contributed by atoms with Gasteiger partial charge in [-0.25, -0.2) is 9.78 Å². The van der Waals surface area contributed by atoms with Crippen molar-refractivity contribution in [1.29, 1.82) is 0 Å². The molecule has 376 valence electrons. The molecule has 17 heteroatoms. The van der Waals surface area contributed by atoms with Gasteiger partial charge in [-0.1, -0.05) is 127 Å². The van der Waals surface area contributed by atoms with Crippen molar-refractivity contribution in [1.82, 2.24) is 0 Å². The molecular formula is C54H61BaClO15. The molecule has 0 fully saturated rings. The second kappa shape index (κ2) is 43.5. The number of aliphatic hydroxyl groups is 4. The average molecular weight is 1120 g/mol. The van der Waals surface area contributed by atoms with E-state index in [9.17, 15) is 29.4 Å². The summed E-state index contributed by atoms with van der Waals surface area (Å²) in [6.45, 7) is 1.22. The largest absolute Gasteiger partial charge is 2.00 e. The van der Waals surface area contributed by atoms with E-state index in [1.807, 2.05) is 78.9 Å². The first-order valence-corrected chi connectivity index (χ1v) is 20.7. The Morgan fingerprint density at radius 3 is 1.20 bits per heavy atom. The van der Waals surface area contributed by atoms with Crippen LogP contribution in [0.15, 0.2) is 158 Å². The molecule has 0 aliphatic carbocycles. The van der Waals surface area contributed by atoms with Gasteiger partial charge in [-0.2, -0.15) is 0 Å². The van der Waals surface area contributed by atoms with Crippen LogP contribution in [-0.2, 0) is 42.4 Å². The third-order valence-electron chi connectivity index (χ3n) is 9.29. The molecule has 6 rings (SSSR count). The smallest absolute Gasteiger partial charge is 0.727 e. The van der Waals surface area contributed by atoms with Crippen LogP contribution in [0.5, 0.6) is 5.75 Å². The van der Waals surface area contributed by atoms with Crippen LogP contribution in [0.2, 0.25) is 0 Å². The van der Waals surface area contributed by atoms with Gasteiger partial charge in [0, 0.05) is 34.9 Å². The van der Waals surface area contributed by atoms with E-state index in [4.69, 9.17) is 36.3 Å². The predicted octanol–water partition coefficient (Wildman–Crippen LogP) is 7.72. The number of aliphatic hydroxyl groups excluding tert-OH is 4. The number of Topliss-reactive ketones (excluding diaryl/α,β-unsaturated/α-hetero) is 1. The number of phenols is 1. The van der Waals surface area contributed by atoms with Gasteiger partial charge in [0.25, 0.3) is 0 Å². The number of carbonyl (C=O) groups excluding carboxylic acids is 4. The van der Waals surface area contributed by atoms with E-state index in [1.165, 1.54) is 37.3 Å². The van der Waals surface area contributed by atoms with Gasteiger partial charge in [-0.15, -0.1) is 12.4 Å². The predicted molar refractivity (Wildman–Crippen MR) is 275 cm³/mol. The Balaban J connectivity index is -0.000000869. The molecule has 0 aromatic heterocycles. The van der Waals surface area contributed by atoms with Crippen LogP contribution in [-0.4, -0.2) is 134 Å². The first kappa shape index (κ1) is 70.0. The maximum Gasteiger partial charge on any atom is 2.00 e. The summed E-state index contributed by atoms with van der Waals surface area (Å²) in [7, 11) is 1.00. The van der Waals surface area contributed by atoms with Crippen LogP contribution in [0.1, 0.15) is 87.3 Å². The minimum Gasteiger partial charge on any atom is -0.727 e. The average Bonchev–Trinajstić information content (AvgIpc) is 3.40. The SMILES string of the molecule is CC(=O)c1ccc(CCOO)c(CO)c1.CO.Cl.O=C(/C=C/c1ccccc1)c1ccc(CCOO)c(CO)c1.O=C(/C=C/c1ccccc1)c1ccc(O)c(CO)c1.O=Cc1ccccc1.[Ba+2].[CH3-].[O-]O. The maximum absolute atomic E-state index is 12.2. The van der Waals surface area contributed by atoms with Crippen LogP contribution in [0, 0.1) is 7.43 Å². The number of aromatic hydroxyl groups is 1. The Morgan fingerprint density at radius 1 is 0.521 bits per heavy atom. The van der Waals surface area contributed by atoms with Crippen molar-refractivity contribution in [2.75, 3.05) is 20.3 Å². The first-order valence-electron chi connectivity index (χ1n) is 20.7. The van der Waals surface area contributed by atoms with Crippen molar-refractivity contribution >= 4 is 97.1 Å². The van der Waals surface area contributed by atoms with Crippen molar-refractivity contribution in [3.05, 3.63) is 226 Å². The van der Waals surface area contributed by atoms with Crippen LogP contribution in [0.4, 0.5) is 0 Å². The topological polar surface area (TPSA) is 272 Å². The second-order valence-corrected chi connectivity index (χ2v) is 13.8. The summed E-state index contributed by atoms with van der Waals surface area (Å²) in [6, 6.07) is 42.9. The Bertz CT molecular complexity index is 2430. The molecular weight excluding hydrogens is 1060 g/mol. The van der Waals surface area contributed by atoms with Gasteiger partial charge in [0.1, 0.15) is 12.0 Å². The number of allylic oxidation sites excluding steroid dienone is 2.